The standard InChI is InChI=1S/C25H30N6O5/c1-14(15-5-3-2-4-6-15)28-24(34)19-11-17(29-18-12-27-13-18)9-7-16(19)8-10-20(32)30-31-25(35)22-21(36-22)23(26)33/h2-7,9,11,14,18,21-22,27,29H,8,10,12-13H2,1H3,(H2,26,33)(H,28,34)(H,30,32)(H,31,35)/t14-,21?,22?/m1/s1. The van der Waals surface area contributed by atoms with Crippen LogP contribution in [0, 0.1) is 0 Å². The molecule has 0 aromatic heterocycles. The molecule has 11 heteroatoms. The Morgan fingerprint density at radius 3 is 2.44 bits per heavy atom. The Bertz CT molecular complexity index is 1140. The Morgan fingerprint density at radius 2 is 1.81 bits per heavy atom. The molecule has 0 spiro atoms. The van der Waals surface area contributed by atoms with E-state index in [-0.39, 0.29) is 24.8 Å². The average molecular weight is 495 g/mol. The molecular weight excluding hydrogens is 464 g/mol. The van der Waals surface area contributed by atoms with Crippen LogP contribution in [0.2, 0.25) is 0 Å². The highest BCUT2D eigenvalue weighted by molar-refractivity contribution is 5.97. The van der Waals surface area contributed by atoms with Crippen LogP contribution in [0.25, 0.3) is 0 Å². The fourth-order valence-electron chi connectivity index (χ4n) is 3.86. The number of anilines is 1. The molecule has 2 aromatic rings. The van der Waals surface area contributed by atoms with E-state index in [9.17, 15) is 19.2 Å². The minimum absolute atomic E-state index is 0.0267. The monoisotopic (exact) mass is 494 g/mol. The number of hydrogen-bond donors (Lipinski definition) is 6. The van der Waals surface area contributed by atoms with Crippen LogP contribution in [-0.4, -0.2) is 55.0 Å². The molecule has 2 aromatic carbocycles. The molecule has 36 heavy (non-hydrogen) atoms. The van der Waals surface area contributed by atoms with Gasteiger partial charge in [-0.05, 0) is 36.6 Å². The van der Waals surface area contributed by atoms with Gasteiger partial charge >= 0.3 is 0 Å². The van der Waals surface area contributed by atoms with E-state index in [4.69, 9.17) is 10.5 Å². The molecular formula is C25H30N6O5. The van der Waals surface area contributed by atoms with E-state index in [1.807, 2.05) is 49.4 Å². The Labute approximate surface area is 208 Å². The molecule has 0 saturated carbocycles. The summed E-state index contributed by atoms with van der Waals surface area (Å²) in [5.74, 6) is -2.08. The lowest BCUT2D eigenvalue weighted by atomic mass is 9.99. The Balaban J connectivity index is 1.38. The number of hydrazine groups is 1. The van der Waals surface area contributed by atoms with E-state index < -0.39 is 29.9 Å². The van der Waals surface area contributed by atoms with Crippen molar-refractivity contribution in [2.75, 3.05) is 18.4 Å². The van der Waals surface area contributed by atoms with Gasteiger partial charge in [-0.2, -0.15) is 0 Å². The minimum atomic E-state index is -0.990. The zero-order valence-electron chi connectivity index (χ0n) is 19.9. The van der Waals surface area contributed by atoms with Crippen LogP contribution in [0.4, 0.5) is 5.69 Å². The molecule has 2 fully saturated rings. The fourth-order valence-corrected chi connectivity index (χ4v) is 3.86. The predicted octanol–water partition coefficient (Wildman–Crippen LogP) is -0.106. The summed E-state index contributed by atoms with van der Waals surface area (Å²) in [6.45, 7) is 3.62. The van der Waals surface area contributed by atoms with Gasteiger partial charge in [-0.15, -0.1) is 0 Å². The van der Waals surface area contributed by atoms with Crippen molar-refractivity contribution in [3.63, 3.8) is 0 Å². The number of carbonyl (C=O) groups is 4. The smallest absolute Gasteiger partial charge is 0.270 e. The molecule has 4 rings (SSSR count). The summed E-state index contributed by atoms with van der Waals surface area (Å²) >= 11 is 0. The molecule has 2 saturated heterocycles. The number of hydrogen-bond acceptors (Lipinski definition) is 7. The van der Waals surface area contributed by atoms with Crippen LogP contribution >= 0.6 is 0 Å². The number of benzene rings is 2. The molecule has 7 N–H and O–H groups in total. The van der Waals surface area contributed by atoms with E-state index in [2.05, 4.69) is 26.8 Å². The first-order valence-corrected chi connectivity index (χ1v) is 11.8. The summed E-state index contributed by atoms with van der Waals surface area (Å²) in [7, 11) is 0. The Morgan fingerprint density at radius 1 is 1.06 bits per heavy atom. The maximum Gasteiger partial charge on any atom is 0.270 e. The quantitative estimate of drug-likeness (QED) is 0.198. The average Bonchev–Trinajstić information content (AvgIpc) is 3.66. The number of nitrogens with two attached hydrogens (primary N) is 1. The van der Waals surface area contributed by atoms with Crippen molar-refractivity contribution in [2.24, 2.45) is 5.73 Å². The van der Waals surface area contributed by atoms with E-state index in [1.54, 1.807) is 6.07 Å². The first kappa shape index (κ1) is 25.1. The number of rotatable bonds is 10. The minimum Gasteiger partial charge on any atom is -0.380 e. The van der Waals surface area contributed by atoms with Gasteiger partial charge in [0.2, 0.25) is 11.8 Å². The second-order valence-corrected chi connectivity index (χ2v) is 8.89. The zero-order valence-corrected chi connectivity index (χ0v) is 19.9. The van der Waals surface area contributed by atoms with Crippen molar-refractivity contribution < 1.29 is 23.9 Å². The third kappa shape index (κ3) is 6.37. The summed E-state index contributed by atoms with van der Waals surface area (Å²) in [5, 5.41) is 9.63. The summed E-state index contributed by atoms with van der Waals surface area (Å²) in [5.41, 5.74) is 12.6. The third-order valence-corrected chi connectivity index (χ3v) is 6.13. The first-order valence-electron chi connectivity index (χ1n) is 11.8. The van der Waals surface area contributed by atoms with E-state index in [0.717, 1.165) is 24.3 Å². The van der Waals surface area contributed by atoms with Crippen molar-refractivity contribution in [3.8, 4) is 0 Å². The van der Waals surface area contributed by atoms with Crippen LogP contribution < -0.4 is 32.5 Å². The molecule has 190 valence electrons. The first-order chi connectivity index (χ1) is 17.3. The van der Waals surface area contributed by atoms with Gasteiger partial charge in [0.25, 0.3) is 11.8 Å². The molecule has 11 nitrogen and oxygen atoms in total. The molecule has 2 heterocycles. The molecule has 2 unspecified atom stereocenters. The third-order valence-electron chi connectivity index (χ3n) is 6.13. The normalized spacial score (nSPS) is 19.4. The summed E-state index contributed by atoms with van der Waals surface area (Å²) in [4.78, 5) is 48.4. The van der Waals surface area contributed by atoms with Crippen LogP contribution in [0.5, 0.6) is 0 Å². The molecule has 2 aliphatic rings. The Kier molecular flexibility index (Phi) is 7.81. The number of epoxide rings is 1. The second kappa shape index (κ2) is 11.2. The SMILES string of the molecule is C[C@@H](NC(=O)c1cc(NC2CNC2)ccc1CCC(=O)NNC(=O)C1OC1C(N)=O)c1ccccc1. The van der Waals surface area contributed by atoms with E-state index >= 15 is 0 Å². The van der Waals surface area contributed by atoms with Gasteiger partial charge < -0.3 is 26.4 Å². The zero-order chi connectivity index (χ0) is 25.7. The molecule has 0 radical (unpaired) electrons. The lowest BCUT2D eigenvalue weighted by Gasteiger charge is -2.29. The molecule has 0 bridgehead atoms. The van der Waals surface area contributed by atoms with Gasteiger partial charge in [0.05, 0.1) is 12.1 Å². The van der Waals surface area contributed by atoms with Crippen LogP contribution in [-0.2, 0) is 25.5 Å². The number of carbonyl (C=O) groups excluding carboxylic acids is 4. The van der Waals surface area contributed by atoms with Gasteiger partial charge in [0.1, 0.15) is 0 Å². The van der Waals surface area contributed by atoms with Gasteiger partial charge in [-0.1, -0.05) is 36.4 Å². The second-order valence-electron chi connectivity index (χ2n) is 8.89. The maximum atomic E-state index is 13.2. The van der Waals surface area contributed by atoms with Crippen molar-refractivity contribution in [2.45, 2.75) is 44.1 Å². The Hall–Kier alpha value is -3.96. The van der Waals surface area contributed by atoms with Crippen LogP contribution in [0.1, 0.15) is 40.9 Å². The number of ether oxygens (including phenoxy) is 1. The van der Waals surface area contributed by atoms with Crippen LogP contribution in [0.3, 0.4) is 0 Å². The summed E-state index contributed by atoms with van der Waals surface area (Å²) < 4.78 is 4.87. The number of aryl methyl sites for hydroxylation is 1. The molecule has 0 aliphatic carbocycles. The van der Waals surface area contributed by atoms with Gasteiger partial charge in [0.15, 0.2) is 12.2 Å². The van der Waals surface area contributed by atoms with Gasteiger partial charge in [-0.25, -0.2) is 0 Å². The highest BCUT2D eigenvalue weighted by Gasteiger charge is 2.49. The number of nitrogens with one attached hydrogen (secondary N) is 5. The number of primary amides is 1. The highest BCUT2D eigenvalue weighted by Crippen LogP contribution is 2.22. The molecule has 4 amide bonds. The van der Waals surface area contributed by atoms with Crippen molar-refractivity contribution >= 4 is 29.3 Å². The van der Waals surface area contributed by atoms with Crippen molar-refractivity contribution in [3.05, 3.63) is 65.2 Å². The van der Waals surface area contributed by atoms with Crippen molar-refractivity contribution in [1.82, 2.24) is 21.5 Å². The largest absolute Gasteiger partial charge is 0.380 e. The van der Waals surface area contributed by atoms with E-state index in [1.165, 1.54) is 0 Å². The summed E-state index contributed by atoms with van der Waals surface area (Å²) in [6, 6.07) is 15.3. The number of amides is 4. The van der Waals surface area contributed by atoms with Crippen LogP contribution in [0.15, 0.2) is 48.5 Å². The molecule has 2 aliphatic heterocycles. The highest BCUT2D eigenvalue weighted by atomic mass is 16.6. The fraction of sp³-hybridized carbons (Fsp3) is 0.360. The van der Waals surface area contributed by atoms with E-state index in [0.29, 0.717) is 17.2 Å². The lowest BCUT2D eigenvalue weighted by Crippen LogP contribution is -2.51. The molecule has 3 atom stereocenters. The lowest BCUT2D eigenvalue weighted by molar-refractivity contribution is -0.129. The predicted molar refractivity (Wildman–Crippen MR) is 132 cm³/mol. The topological polar surface area (TPSA) is 167 Å². The van der Waals surface area contributed by atoms with Gasteiger partial charge in [-0.3, -0.25) is 30.0 Å². The maximum absolute atomic E-state index is 13.2. The summed E-state index contributed by atoms with van der Waals surface area (Å²) in [6.07, 6.45) is -1.65. The van der Waals surface area contributed by atoms with Gasteiger partial charge in [0, 0.05) is 30.8 Å². The van der Waals surface area contributed by atoms with Crippen molar-refractivity contribution in [1.29, 1.82) is 0 Å².